The van der Waals surface area contributed by atoms with Crippen LogP contribution in [0.15, 0.2) is 84.9 Å². The molecule has 1 amide bonds. The Bertz CT molecular complexity index is 889. The molecule has 0 aliphatic rings. The third-order valence-corrected chi connectivity index (χ3v) is 4.82. The molecule has 0 aliphatic carbocycles. The summed E-state index contributed by atoms with van der Waals surface area (Å²) in [5.41, 5.74) is 3.78. The van der Waals surface area contributed by atoms with Gasteiger partial charge in [0.25, 0.3) is 0 Å². The lowest BCUT2D eigenvalue weighted by molar-refractivity contribution is -0.118. The number of carbonyl (C=O) groups is 1. The molecule has 0 bridgehead atoms. The number of hydrogen-bond donors (Lipinski definition) is 0. The van der Waals surface area contributed by atoms with Gasteiger partial charge in [-0.3, -0.25) is 9.69 Å². The minimum absolute atomic E-state index is 0.0343. The molecular weight excluding hydrogens is 338 g/mol. The highest BCUT2D eigenvalue weighted by Gasteiger charge is 2.27. The molecule has 0 radical (unpaired) electrons. The van der Waals surface area contributed by atoms with Crippen molar-refractivity contribution in [3.63, 3.8) is 0 Å². The van der Waals surface area contributed by atoms with E-state index >= 15 is 0 Å². The van der Waals surface area contributed by atoms with Crippen LogP contribution in [0.25, 0.3) is 0 Å². The maximum absolute atomic E-state index is 13.4. The predicted octanol–water partition coefficient (Wildman–Crippen LogP) is 5.51. The number of aryl methyl sites for hydroxylation is 1. The maximum Gasteiger partial charge on any atom is 0.239 e. The van der Waals surface area contributed by atoms with Crippen molar-refractivity contribution in [3.05, 3.63) is 102 Å². The molecule has 0 spiro atoms. The number of para-hydroxylation sites is 1. The number of rotatable bonds is 4. The number of anilines is 1. The summed E-state index contributed by atoms with van der Waals surface area (Å²) in [5, 5.41) is 0. The zero-order chi connectivity index (χ0) is 18.5. The highest BCUT2D eigenvalue weighted by atomic mass is 32.1. The average Bonchev–Trinajstić information content (AvgIpc) is 2.69. The zero-order valence-corrected chi connectivity index (χ0v) is 15.7. The van der Waals surface area contributed by atoms with Crippen LogP contribution in [0.1, 0.15) is 29.5 Å². The van der Waals surface area contributed by atoms with Crippen molar-refractivity contribution < 1.29 is 4.79 Å². The monoisotopic (exact) mass is 359 g/mol. The summed E-state index contributed by atoms with van der Waals surface area (Å²) in [6, 6.07) is 27.3. The molecule has 2 nitrogen and oxygen atoms in total. The fraction of sp³-hybridized carbons (Fsp3) is 0.130. The van der Waals surface area contributed by atoms with E-state index in [1.807, 2.05) is 98.8 Å². The van der Waals surface area contributed by atoms with Gasteiger partial charge in [-0.25, -0.2) is 0 Å². The number of amides is 1. The standard InChI is InChI=1S/C23H21NOS/c1-17-13-15-20(16-14-17)23(26)24(21-11-7-4-8-12-21)22(25)18(2)19-9-5-3-6-10-19/h3-16,18H,1-2H3/t18-/m0/s1. The van der Waals surface area contributed by atoms with Crippen LogP contribution < -0.4 is 4.90 Å². The lowest BCUT2D eigenvalue weighted by Gasteiger charge is -2.27. The molecule has 3 rings (SSSR count). The van der Waals surface area contributed by atoms with Gasteiger partial charge in [0, 0.05) is 11.3 Å². The van der Waals surface area contributed by atoms with E-state index in [0.29, 0.717) is 4.99 Å². The zero-order valence-electron chi connectivity index (χ0n) is 14.9. The van der Waals surface area contributed by atoms with Gasteiger partial charge in [0.15, 0.2) is 0 Å². The molecule has 26 heavy (non-hydrogen) atoms. The van der Waals surface area contributed by atoms with E-state index in [0.717, 1.165) is 22.4 Å². The van der Waals surface area contributed by atoms with Crippen LogP contribution in [-0.2, 0) is 4.79 Å². The molecule has 0 fully saturated rings. The molecular formula is C23H21NOS. The van der Waals surface area contributed by atoms with E-state index in [9.17, 15) is 4.79 Å². The summed E-state index contributed by atoms with van der Waals surface area (Å²) >= 11 is 5.72. The van der Waals surface area contributed by atoms with Gasteiger partial charge in [-0.05, 0) is 31.5 Å². The Morgan fingerprint density at radius 1 is 0.846 bits per heavy atom. The average molecular weight is 359 g/mol. The fourth-order valence-corrected chi connectivity index (χ4v) is 3.16. The van der Waals surface area contributed by atoms with E-state index in [4.69, 9.17) is 12.2 Å². The Hall–Kier alpha value is -2.78. The van der Waals surface area contributed by atoms with Crippen LogP contribution in [0, 0.1) is 6.92 Å². The van der Waals surface area contributed by atoms with Crippen molar-refractivity contribution in [1.82, 2.24) is 0 Å². The molecule has 3 aromatic carbocycles. The molecule has 0 saturated heterocycles. The van der Waals surface area contributed by atoms with Crippen LogP contribution in [0.3, 0.4) is 0 Å². The first-order valence-corrected chi connectivity index (χ1v) is 9.03. The van der Waals surface area contributed by atoms with E-state index in [-0.39, 0.29) is 11.8 Å². The van der Waals surface area contributed by atoms with Gasteiger partial charge >= 0.3 is 0 Å². The molecule has 0 N–H and O–H groups in total. The van der Waals surface area contributed by atoms with Crippen LogP contribution in [0.2, 0.25) is 0 Å². The first-order valence-electron chi connectivity index (χ1n) is 8.63. The van der Waals surface area contributed by atoms with E-state index in [2.05, 4.69) is 0 Å². The van der Waals surface area contributed by atoms with Crippen LogP contribution in [0.4, 0.5) is 5.69 Å². The van der Waals surface area contributed by atoms with Gasteiger partial charge < -0.3 is 0 Å². The number of carbonyl (C=O) groups excluding carboxylic acids is 1. The van der Waals surface area contributed by atoms with E-state index in [1.165, 1.54) is 0 Å². The fourth-order valence-electron chi connectivity index (χ4n) is 2.82. The lowest BCUT2D eigenvalue weighted by atomic mass is 9.99. The topological polar surface area (TPSA) is 20.3 Å². The van der Waals surface area contributed by atoms with Crippen LogP contribution >= 0.6 is 12.2 Å². The highest BCUT2D eigenvalue weighted by molar-refractivity contribution is 7.81. The summed E-state index contributed by atoms with van der Waals surface area (Å²) in [7, 11) is 0. The summed E-state index contributed by atoms with van der Waals surface area (Å²) < 4.78 is 0. The summed E-state index contributed by atoms with van der Waals surface area (Å²) in [4.78, 5) is 15.5. The number of hydrogen-bond acceptors (Lipinski definition) is 2. The Labute approximate surface area is 160 Å². The Balaban J connectivity index is 2.00. The second kappa shape index (κ2) is 8.07. The Kier molecular flexibility index (Phi) is 5.59. The van der Waals surface area contributed by atoms with E-state index in [1.54, 1.807) is 4.90 Å². The van der Waals surface area contributed by atoms with Gasteiger partial charge in [0.05, 0.1) is 5.92 Å². The second-order valence-corrected chi connectivity index (χ2v) is 6.70. The van der Waals surface area contributed by atoms with Gasteiger partial charge in [-0.1, -0.05) is 90.6 Å². The van der Waals surface area contributed by atoms with Crippen molar-refractivity contribution in [3.8, 4) is 0 Å². The van der Waals surface area contributed by atoms with Crippen LogP contribution in [0.5, 0.6) is 0 Å². The van der Waals surface area contributed by atoms with Gasteiger partial charge in [-0.15, -0.1) is 0 Å². The number of nitrogens with zero attached hydrogens (tertiary/aromatic N) is 1. The molecule has 0 aromatic heterocycles. The first-order chi connectivity index (χ1) is 12.6. The summed E-state index contributed by atoms with van der Waals surface area (Å²) in [6.07, 6.45) is 0. The van der Waals surface area contributed by atoms with Gasteiger partial charge in [0.2, 0.25) is 5.91 Å². The largest absolute Gasteiger partial charge is 0.273 e. The first kappa shape index (κ1) is 18.0. The summed E-state index contributed by atoms with van der Waals surface area (Å²) in [5.74, 6) is -0.326. The van der Waals surface area contributed by atoms with Crippen molar-refractivity contribution in [2.75, 3.05) is 4.90 Å². The maximum atomic E-state index is 13.4. The van der Waals surface area contributed by atoms with Crippen molar-refractivity contribution in [1.29, 1.82) is 0 Å². The van der Waals surface area contributed by atoms with Crippen molar-refractivity contribution in [2.45, 2.75) is 19.8 Å². The minimum atomic E-state index is -0.292. The van der Waals surface area contributed by atoms with E-state index < -0.39 is 0 Å². The normalized spacial score (nSPS) is 11.6. The molecule has 130 valence electrons. The summed E-state index contributed by atoms with van der Waals surface area (Å²) in [6.45, 7) is 3.95. The third-order valence-electron chi connectivity index (χ3n) is 4.41. The highest BCUT2D eigenvalue weighted by Crippen LogP contribution is 2.25. The van der Waals surface area contributed by atoms with Crippen molar-refractivity contribution in [2.24, 2.45) is 0 Å². The smallest absolute Gasteiger partial charge is 0.239 e. The Morgan fingerprint density at radius 3 is 1.96 bits per heavy atom. The predicted molar refractivity (Wildman–Crippen MR) is 112 cm³/mol. The Morgan fingerprint density at radius 2 is 1.38 bits per heavy atom. The van der Waals surface area contributed by atoms with Crippen molar-refractivity contribution >= 4 is 28.8 Å². The number of benzene rings is 3. The molecule has 3 heteroatoms. The molecule has 0 aliphatic heterocycles. The second-order valence-electron chi connectivity index (χ2n) is 6.31. The molecule has 3 aromatic rings. The van der Waals surface area contributed by atoms with Gasteiger partial charge in [-0.2, -0.15) is 0 Å². The lowest BCUT2D eigenvalue weighted by Crippen LogP contribution is -2.39. The SMILES string of the molecule is Cc1ccc(C(=S)N(C(=O)[C@@H](C)c2ccccc2)c2ccccc2)cc1. The third kappa shape index (κ3) is 3.89. The quantitative estimate of drug-likeness (QED) is 0.573. The van der Waals surface area contributed by atoms with Gasteiger partial charge in [0.1, 0.15) is 4.99 Å². The van der Waals surface area contributed by atoms with Crippen LogP contribution in [-0.4, -0.2) is 10.9 Å². The molecule has 0 saturated carbocycles. The molecule has 0 heterocycles. The molecule has 0 unspecified atom stereocenters. The number of thiocarbonyl (C=S) groups is 1. The molecule has 1 atom stereocenters. The minimum Gasteiger partial charge on any atom is -0.273 e.